The van der Waals surface area contributed by atoms with E-state index in [4.69, 9.17) is 9.47 Å². The second-order valence-corrected chi connectivity index (χ2v) is 9.05. The number of carbonyl (C=O) groups excluding carboxylic acids is 3. The zero-order valence-corrected chi connectivity index (χ0v) is 18.1. The molecule has 0 spiro atoms. The number of hydrogen-bond acceptors (Lipinski definition) is 7. The summed E-state index contributed by atoms with van der Waals surface area (Å²) in [5.41, 5.74) is 0.533. The second-order valence-electron chi connectivity index (χ2n) is 9.05. The Bertz CT molecular complexity index is 924. The minimum absolute atomic E-state index is 0.0436. The first-order chi connectivity index (χ1) is 15.5. The van der Waals surface area contributed by atoms with E-state index in [2.05, 4.69) is 33.1 Å². The molecule has 3 amide bonds. The van der Waals surface area contributed by atoms with Gasteiger partial charge in [-0.15, -0.1) is 0 Å². The predicted octanol–water partition coefficient (Wildman–Crippen LogP) is 0.210. The summed E-state index contributed by atoms with van der Waals surface area (Å²) in [5.74, 6) is -0.580. The molecular formula is C22H29N5O5. The lowest BCUT2D eigenvalue weighted by molar-refractivity contribution is -0.148. The third-order valence-corrected chi connectivity index (χ3v) is 6.63. The maximum Gasteiger partial charge on any atom is 0.229 e. The molecule has 0 aliphatic carbocycles. The molecule has 0 radical (unpaired) electrons. The molecule has 5 rings (SSSR count). The van der Waals surface area contributed by atoms with Gasteiger partial charge >= 0.3 is 0 Å². The third-order valence-electron chi connectivity index (χ3n) is 6.63. The molecule has 0 bridgehead atoms. The zero-order valence-electron chi connectivity index (χ0n) is 18.1. The molecule has 5 unspecified atom stereocenters. The fourth-order valence-corrected chi connectivity index (χ4v) is 5.07. The van der Waals surface area contributed by atoms with E-state index < -0.39 is 18.0 Å². The van der Waals surface area contributed by atoms with Crippen LogP contribution in [0, 0.1) is 17.8 Å². The normalized spacial score (nSPS) is 32.3. The van der Waals surface area contributed by atoms with Crippen LogP contribution in [0.25, 0.3) is 0 Å². The Morgan fingerprint density at radius 2 is 1.97 bits per heavy atom. The Morgan fingerprint density at radius 3 is 2.78 bits per heavy atom. The number of carbonyl (C=O) groups is 3. The van der Waals surface area contributed by atoms with Crippen molar-refractivity contribution in [3.8, 4) is 11.5 Å². The summed E-state index contributed by atoms with van der Waals surface area (Å²) in [6.07, 6.45) is 1.24. The molecule has 10 heteroatoms. The van der Waals surface area contributed by atoms with Crippen LogP contribution in [0.1, 0.15) is 26.2 Å². The maximum absolute atomic E-state index is 13.1. The van der Waals surface area contributed by atoms with Crippen LogP contribution in [0.4, 0.5) is 5.69 Å². The van der Waals surface area contributed by atoms with Gasteiger partial charge in [0, 0.05) is 31.3 Å². The third kappa shape index (κ3) is 4.12. The monoisotopic (exact) mass is 443 g/mol. The molecule has 5 atom stereocenters. The summed E-state index contributed by atoms with van der Waals surface area (Å²) in [5, 5.41) is 12.1. The van der Waals surface area contributed by atoms with Crippen molar-refractivity contribution in [2.75, 3.05) is 31.6 Å². The molecule has 172 valence electrons. The molecule has 1 aromatic rings. The molecule has 4 N–H and O–H groups in total. The Hall–Kier alpha value is -2.85. The molecule has 1 aromatic carbocycles. The van der Waals surface area contributed by atoms with Crippen molar-refractivity contribution in [3.05, 3.63) is 18.2 Å². The number of fused-ring (bicyclic) bond motifs is 2. The number of ether oxygens (including phenoxy) is 2. The van der Waals surface area contributed by atoms with Crippen LogP contribution in [0.15, 0.2) is 18.2 Å². The van der Waals surface area contributed by atoms with Gasteiger partial charge in [0.1, 0.15) is 19.5 Å². The van der Waals surface area contributed by atoms with Crippen molar-refractivity contribution in [1.29, 1.82) is 0 Å². The molecule has 4 aliphatic heterocycles. The minimum atomic E-state index is -0.782. The van der Waals surface area contributed by atoms with E-state index >= 15 is 0 Å². The van der Waals surface area contributed by atoms with Crippen LogP contribution < -0.4 is 30.7 Å². The maximum atomic E-state index is 13.1. The highest BCUT2D eigenvalue weighted by Gasteiger charge is 2.49. The molecule has 32 heavy (non-hydrogen) atoms. The highest BCUT2D eigenvalue weighted by molar-refractivity contribution is 6.00. The van der Waals surface area contributed by atoms with Crippen LogP contribution in [-0.2, 0) is 14.4 Å². The van der Waals surface area contributed by atoms with Gasteiger partial charge in [-0.05, 0) is 30.9 Å². The number of benzene rings is 1. The Kier molecular flexibility index (Phi) is 5.64. The van der Waals surface area contributed by atoms with Crippen molar-refractivity contribution in [1.82, 2.24) is 20.9 Å². The minimum Gasteiger partial charge on any atom is -0.486 e. The van der Waals surface area contributed by atoms with Crippen LogP contribution >= 0.6 is 0 Å². The second kappa shape index (κ2) is 8.59. The Labute approximate surface area is 186 Å². The van der Waals surface area contributed by atoms with Crippen LogP contribution in [-0.4, -0.2) is 61.4 Å². The van der Waals surface area contributed by atoms with Gasteiger partial charge in [0.05, 0.1) is 18.0 Å². The average Bonchev–Trinajstić information content (AvgIpc) is 2.78. The SMILES string of the molecule is CC1CCCN(C2NC(=O)C3C(NC(=O)CC3C(=O)Nc3ccc4c(c3)OCCO4)N2)C1. The summed E-state index contributed by atoms with van der Waals surface area (Å²) in [7, 11) is 0. The highest BCUT2D eigenvalue weighted by Crippen LogP contribution is 2.34. The standard InChI is InChI=1S/C22H29N5O5/c1-12-3-2-6-27(11-12)22-25-19-18(21(30)26-22)14(10-17(28)24-19)20(29)23-13-4-5-15-16(9-13)32-8-7-31-15/h4-5,9,12,14,18-19,22,25H,2-3,6-8,10-11H2,1H3,(H,23,29)(H,24,28)(H,26,30). The number of amides is 3. The van der Waals surface area contributed by atoms with Gasteiger partial charge in [0.2, 0.25) is 17.7 Å². The van der Waals surface area contributed by atoms with Gasteiger partial charge in [-0.1, -0.05) is 6.92 Å². The Morgan fingerprint density at radius 1 is 1.16 bits per heavy atom. The summed E-state index contributed by atoms with van der Waals surface area (Å²) in [6, 6.07) is 5.15. The van der Waals surface area contributed by atoms with Crippen molar-refractivity contribution in [2.45, 2.75) is 38.6 Å². The number of nitrogens with one attached hydrogen (secondary N) is 4. The van der Waals surface area contributed by atoms with Crippen molar-refractivity contribution in [3.63, 3.8) is 0 Å². The number of anilines is 1. The lowest BCUT2D eigenvalue weighted by Gasteiger charge is -2.47. The summed E-state index contributed by atoms with van der Waals surface area (Å²) < 4.78 is 11.1. The smallest absolute Gasteiger partial charge is 0.229 e. The zero-order chi connectivity index (χ0) is 22.2. The van der Waals surface area contributed by atoms with E-state index in [9.17, 15) is 14.4 Å². The number of likely N-dealkylation sites (tertiary alicyclic amines) is 1. The molecule has 0 saturated carbocycles. The molecule has 0 aromatic heterocycles. The predicted molar refractivity (Wildman–Crippen MR) is 115 cm³/mol. The van der Waals surface area contributed by atoms with Gasteiger partial charge in [-0.3, -0.25) is 24.6 Å². The van der Waals surface area contributed by atoms with Gasteiger partial charge in [-0.2, -0.15) is 0 Å². The lowest BCUT2D eigenvalue weighted by atomic mass is 9.81. The average molecular weight is 444 g/mol. The molecule has 3 fully saturated rings. The number of rotatable bonds is 3. The van der Waals surface area contributed by atoms with Gasteiger partial charge < -0.3 is 25.4 Å². The fraction of sp³-hybridized carbons (Fsp3) is 0.591. The number of nitrogens with zero attached hydrogens (tertiary/aromatic N) is 1. The quantitative estimate of drug-likeness (QED) is 0.527. The highest BCUT2D eigenvalue weighted by atomic mass is 16.6. The van der Waals surface area contributed by atoms with Crippen molar-refractivity contribution in [2.24, 2.45) is 17.8 Å². The summed E-state index contributed by atoms with van der Waals surface area (Å²) in [6.45, 7) is 4.87. The van der Waals surface area contributed by atoms with E-state index in [0.717, 1.165) is 19.5 Å². The fourth-order valence-electron chi connectivity index (χ4n) is 5.07. The molecule has 3 saturated heterocycles. The van der Waals surface area contributed by atoms with E-state index in [1.54, 1.807) is 18.2 Å². The topological polar surface area (TPSA) is 121 Å². The molecular weight excluding hydrogens is 414 g/mol. The van der Waals surface area contributed by atoms with Crippen molar-refractivity contribution < 1.29 is 23.9 Å². The van der Waals surface area contributed by atoms with Crippen LogP contribution in [0.2, 0.25) is 0 Å². The lowest BCUT2D eigenvalue weighted by Crippen LogP contribution is -2.74. The Balaban J connectivity index is 1.30. The first kappa shape index (κ1) is 21.0. The van der Waals surface area contributed by atoms with Crippen molar-refractivity contribution >= 4 is 23.4 Å². The first-order valence-corrected chi connectivity index (χ1v) is 11.3. The largest absolute Gasteiger partial charge is 0.486 e. The van der Waals surface area contributed by atoms with E-state index in [1.165, 1.54) is 6.42 Å². The van der Waals surface area contributed by atoms with E-state index in [1.807, 2.05) is 0 Å². The molecule has 4 heterocycles. The van der Waals surface area contributed by atoms with E-state index in [0.29, 0.717) is 36.3 Å². The van der Waals surface area contributed by atoms with Gasteiger partial charge in [0.15, 0.2) is 11.5 Å². The van der Waals surface area contributed by atoms with Gasteiger partial charge in [-0.25, -0.2) is 0 Å². The summed E-state index contributed by atoms with van der Waals surface area (Å²) in [4.78, 5) is 40.8. The van der Waals surface area contributed by atoms with Gasteiger partial charge in [0.25, 0.3) is 0 Å². The number of piperidine rings is 2. The number of hydrogen-bond donors (Lipinski definition) is 4. The molecule has 10 nitrogen and oxygen atoms in total. The molecule has 4 aliphatic rings. The van der Waals surface area contributed by atoms with E-state index in [-0.39, 0.29) is 30.4 Å². The van der Waals surface area contributed by atoms with Crippen LogP contribution in [0.3, 0.4) is 0 Å². The summed E-state index contributed by atoms with van der Waals surface area (Å²) >= 11 is 0. The first-order valence-electron chi connectivity index (χ1n) is 11.3. The van der Waals surface area contributed by atoms with Crippen LogP contribution in [0.5, 0.6) is 11.5 Å².